The van der Waals surface area contributed by atoms with Crippen molar-refractivity contribution in [1.82, 2.24) is 4.98 Å². The first-order valence-corrected chi connectivity index (χ1v) is 5.97. The standard InChI is InChI=1S/C12H17F3N4O/c1-3-19(6-7-20-2)11-8(10(16)17)4-5-9(18-11)12(13,14)15/h4-5H,3,6-7H2,1-2H3,(H3,16,17). The van der Waals surface area contributed by atoms with E-state index in [1.54, 1.807) is 11.8 Å². The molecule has 0 aromatic carbocycles. The third-order valence-electron chi connectivity index (χ3n) is 2.70. The first-order chi connectivity index (χ1) is 9.31. The molecule has 1 aromatic heterocycles. The molecular formula is C12H17F3N4O. The molecular weight excluding hydrogens is 273 g/mol. The van der Waals surface area contributed by atoms with Gasteiger partial charge in [0.2, 0.25) is 0 Å². The first-order valence-electron chi connectivity index (χ1n) is 5.97. The summed E-state index contributed by atoms with van der Waals surface area (Å²) >= 11 is 0. The van der Waals surface area contributed by atoms with E-state index < -0.39 is 11.9 Å². The van der Waals surface area contributed by atoms with Crippen molar-refractivity contribution < 1.29 is 17.9 Å². The summed E-state index contributed by atoms with van der Waals surface area (Å²) in [5.41, 5.74) is 4.57. The highest BCUT2D eigenvalue weighted by molar-refractivity contribution is 5.99. The zero-order valence-electron chi connectivity index (χ0n) is 11.3. The molecule has 1 heterocycles. The Morgan fingerprint density at radius 3 is 2.55 bits per heavy atom. The Kier molecular flexibility index (Phi) is 5.32. The van der Waals surface area contributed by atoms with Crippen LogP contribution in [0.2, 0.25) is 0 Å². The van der Waals surface area contributed by atoms with Gasteiger partial charge in [0.1, 0.15) is 17.3 Å². The lowest BCUT2D eigenvalue weighted by molar-refractivity contribution is -0.141. The molecule has 0 atom stereocenters. The molecule has 8 heteroatoms. The molecule has 20 heavy (non-hydrogen) atoms. The van der Waals surface area contributed by atoms with Crippen LogP contribution in [0.3, 0.4) is 0 Å². The van der Waals surface area contributed by atoms with Gasteiger partial charge >= 0.3 is 6.18 Å². The number of pyridine rings is 1. The summed E-state index contributed by atoms with van der Waals surface area (Å²) in [6, 6.07) is 1.99. The van der Waals surface area contributed by atoms with Crippen molar-refractivity contribution in [3.05, 3.63) is 23.4 Å². The molecule has 1 aromatic rings. The van der Waals surface area contributed by atoms with Gasteiger partial charge in [-0.15, -0.1) is 0 Å². The molecule has 1 rings (SSSR count). The average molecular weight is 290 g/mol. The zero-order chi connectivity index (χ0) is 15.3. The van der Waals surface area contributed by atoms with Gasteiger partial charge in [-0.25, -0.2) is 4.98 Å². The highest BCUT2D eigenvalue weighted by Gasteiger charge is 2.33. The third-order valence-corrected chi connectivity index (χ3v) is 2.70. The number of nitrogens with two attached hydrogens (primary N) is 1. The molecule has 0 radical (unpaired) electrons. The van der Waals surface area contributed by atoms with Crippen molar-refractivity contribution in [3.63, 3.8) is 0 Å². The van der Waals surface area contributed by atoms with E-state index in [0.717, 1.165) is 6.07 Å². The molecule has 0 unspecified atom stereocenters. The van der Waals surface area contributed by atoms with Gasteiger partial charge in [-0.1, -0.05) is 0 Å². The van der Waals surface area contributed by atoms with Crippen LogP contribution in [0.4, 0.5) is 19.0 Å². The normalized spacial score (nSPS) is 11.4. The number of nitrogens with one attached hydrogen (secondary N) is 1. The number of halogens is 3. The van der Waals surface area contributed by atoms with E-state index in [2.05, 4.69) is 4.98 Å². The summed E-state index contributed by atoms with van der Waals surface area (Å²) < 4.78 is 43.1. The van der Waals surface area contributed by atoms with Crippen LogP contribution in [0, 0.1) is 5.41 Å². The Morgan fingerprint density at radius 2 is 2.10 bits per heavy atom. The van der Waals surface area contributed by atoms with Gasteiger partial charge in [0.25, 0.3) is 0 Å². The molecule has 0 fully saturated rings. The highest BCUT2D eigenvalue weighted by Crippen LogP contribution is 2.30. The molecule has 0 saturated carbocycles. The molecule has 0 spiro atoms. The zero-order valence-corrected chi connectivity index (χ0v) is 11.3. The Morgan fingerprint density at radius 1 is 1.45 bits per heavy atom. The predicted molar refractivity (Wildman–Crippen MR) is 70.0 cm³/mol. The minimum atomic E-state index is -4.54. The number of anilines is 1. The predicted octanol–water partition coefficient (Wildman–Crippen LogP) is 1.86. The van der Waals surface area contributed by atoms with Crippen LogP contribution in [0.5, 0.6) is 0 Å². The summed E-state index contributed by atoms with van der Waals surface area (Å²) in [6.45, 7) is 2.91. The Hall–Kier alpha value is -1.83. The molecule has 0 amide bonds. The van der Waals surface area contributed by atoms with Crippen LogP contribution in [0.1, 0.15) is 18.2 Å². The summed E-state index contributed by atoms with van der Waals surface area (Å²) in [5, 5.41) is 7.45. The number of hydrogen-bond acceptors (Lipinski definition) is 4. The number of nitrogens with zero attached hydrogens (tertiary/aromatic N) is 2. The summed E-state index contributed by atoms with van der Waals surface area (Å²) in [4.78, 5) is 5.21. The number of alkyl halides is 3. The fourth-order valence-corrected chi connectivity index (χ4v) is 1.67. The van der Waals surface area contributed by atoms with Crippen molar-refractivity contribution >= 4 is 11.7 Å². The highest BCUT2D eigenvalue weighted by atomic mass is 19.4. The van der Waals surface area contributed by atoms with E-state index in [1.165, 1.54) is 13.2 Å². The number of hydrogen-bond donors (Lipinski definition) is 2. The smallest absolute Gasteiger partial charge is 0.384 e. The molecule has 0 aliphatic rings. The Balaban J connectivity index is 3.26. The lowest BCUT2D eigenvalue weighted by atomic mass is 10.2. The van der Waals surface area contributed by atoms with Gasteiger partial charge in [-0.05, 0) is 19.1 Å². The maximum atomic E-state index is 12.7. The van der Waals surface area contributed by atoms with Crippen molar-refractivity contribution in [3.8, 4) is 0 Å². The number of amidine groups is 1. The minimum absolute atomic E-state index is 0.0480. The van der Waals surface area contributed by atoms with Crippen LogP contribution in [0.25, 0.3) is 0 Å². The minimum Gasteiger partial charge on any atom is -0.384 e. The van der Waals surface area contributed by atoms with Crippen LogP contribution in [-0.2, 0) is 10.9 Å². The van der Waals surface area contributed by atoms with Gasteiger partial charge in [-0.3, -0.25) is 5.41 Å². The van der Waals surface area contributed by atoms with Gasteiger partial charge in [0, 0.05) is 20.2 Å². The molecule has 0 saturated heterocycles. The number of ether oxygens (including phenoxy) is 1. The van der Waals surface area contributed by atoms with Crippen LogP contribution < -0.4 is 10.6 Å². The summed E-state index contributed by atoms with van der Waals surface area (Å²) in [6.07, 6.45) is -4.54. The van der Waals surface area contributed by atoms with Crippen molar-refractivity contribution in [2.45, 2.75) is 13.1 Å². The third kappa shape index (κ3) is 3.83. The van der Waals surface area contributed by atoms with Crippen LogP contribution in [-0.4, -0.2) is 37.6 Å². The second-order valence-electron chi connectivity index (χ2n) is 4.05. The number of likely N-dealkylation sites (N-methyl/N-ethyl adjacent to an activating group) is 1. The van der Waals surface area contributed by atoms with Gasteiger partial charge in [-0.2, -0.15) is 13.2 Å². The number of aromatic nitrogens is 1. The number of methoxy groups -OCH3 is 1. The van der Waals surface area contributed by atoms with E-state index >= 15 is 0 Å². The van der Waals surface area contributed by atoms with E-state index in [4.69, 9.17) is 15.9 Å². The van der Waals surface area contributed by atoms with E-state index in [1.807, 2.05) is 0 Å². The quantitative estimate of drug-likeness (QED) is 0.619. The monoisotopic (exact) mass is 290 g/mol. The molecule has 5 nitrogen and oxygen atoms in total. The maximum Gasteiger partial charge on any atom is 0.433 e. The van der Waals surface area contributed by atoms with E-state index in [0.29, 0.717) is 19.7 Å². The maximum absolute atomic E-state index is 12.7. The Labute approximate surface area is 115 Å². The van der Waals surface area contributed by atoms with Crippen molar-refractivity contribution in [2.24, 2.45) is 5.73 Å². The Bertz CT molecular complexity index is 476. The lowest BCUT2D eigenvalue weighted by Gasteiger charge is -2.24. The van der Waals surface area contributed by atoms with Gasteiger partial charge < -0.3 is 15.4 Å². The molecule has 112 valence electrons. The van der Waals surface area contributed by atoms with E-state index in [9.17, 15) is 13.2 Å². The summed E-state index contributed by atoms with van der Waals surface area (Å²) in [5.74, 6) is -0.274. The second kappa shape index (κ2) is 6.56. The second-order valence-corrected chi connectivity index (χ2v) is 4.05. The first kappa shape index (κ1) is 16.2. The van der Waals surface area contributed by atoms with Gasteiger partial charge in [0.05, 0.1) is 12.2 Å². The van der Waals surface area contributed by atoms with Gasteiger partial charge in [0.15, 0.2) is 0 Å². The molecule has 0 bridgehead atoms. The number of nitrogen functional groups attached to an aromatic ring is 1. The molecule has 0 aliphatic carbocycles. The lowest BCUT2D eigenvalue weighted by Crippen LogP contribution is -2.31. The average Bonchev–Trinajstić information content (AvgIpc) is 2.38. The molecule has 3 N–H and O–H groups in total. The fraction of sp³-hybridized carbons (Fsp3) is 0.500. The number of rotatable bonds is 6. The SMILES string of the molecule is CCN(CCOC)c1nc(C(F)(F)F)ccc1C(=N)N. The summed E-state index contributed by atoms with van der Waals surface area (Å²) in [7, 11) is 1.50. The van der Waals surface area contributed by atoms with E-state index in [-0.39, 0.29) is 17.2 Å². The topological polar surface area (TPSA) is 75.2 Å². The van der Waals surface area contributed by atoms with Crippen molar-refractivity contribution in [1.29, 1.82) is 5.41 Å². The van der Waals surface area contributed by atoms with Crippen molar-refractivity contribution in [2.75, 3.05) is 31.7 Å². The largest absolute Gasteiger partial charge is 0.433 e. The van der Waals surface area contributed by atoms with Crippen LogP contribution >= 0.6 is 0 Å². The fourth-order valence-electron chi connectivity index (χ4n) is 1.67. The van der Waals surface area contributed by atoms with Crippen LogP contribution in [0.15, 0.2) is 12.1 Å². The molecule has 0 aliphatic heterocycles.